The zero-order chi connectivity index (χ0) is 16.8. The highest BCUT2D eigenvalue weighted by Gasteiger charge is 2.43. The molecule has 0 radical (unpaired) electrons. The molecule has 0 aromatic rings. The van der Waals surface area contributed by atoms with Gasteiger partial charge in [0.1, 0.15) is 12.2 Å². The van der Waals surface area contributed by atoms with E-state index in [0.29, 0.717) is 0 Å². The summed E-state index contributed by atoms with van der Waals surface area (Å²) in [5.74, 6) is 0.0283. The lowest BCUT2D eigenvalue weighted by atomic mass is 10.00. The fraction of sp³-hybridized carbons (Fsp3) is 0.917. The van der Waals surface area contributed by atoms with Crippen LogP contribution in [0.25, 0.3) is 0 Å². The van der Waals surface area contributed by atoms with Gasteiger partial charge in [-0.25, -0.2) is 0 Å². The van der Waals surface area contributed by atoms with Gasteiger partial charge in [-0.2, -0.15) is 5.26 Å². The second-order valence-corrected chi connectivity index (χ2v) is 7.58. The largest absolute Gasteiger partial charge is 0.382 e. The molecular formula is C12H22NO5PS. The van der Waals surface area contributed by atoms with E-state index in [1.165, 1.54) is 7.11 Å². The molecule has 1 aliphatic heterocycles. The molecule has 1 saturated heterocycles. The third kappa shape index (κ3) is 4.74. The van der Waals surface area contributed by atoms with E-state index in [1.54, 1.807) is 0 Å². The Morgan fingerprint density at radius 1 is 1.60 bits per heavy atom. The van der Waals surface area contributed by atoms with E-state index in [0.717, 1.165) is 0 Å². The van der Waals surface area contributed by atoms with Crippen LogP contribution in [0.2, 0.25) is 0 Å². The van der Waals surface area contributed by atoms with Crippen LogP contribution in [-0.2, 0) is 34.9 Å². The standard InChI is InChI=1S/C12H22NO5PS/c1-9-10(2)17-11(8-14-3)12(9)18-19(20,15-4)16-7-5-6-13/h9-12H,5,7-8H2,1-4H3/t9?,10-,11+,12+,19?/m0/s1/i3TD/t3?,9?,10-,11+,12+,19?. The van der Waals surface area contributed by atoms with Crippen molar-refractivity contribution in [2.24, 2.45) is 5.92 Å². The van der Waals surface area contributed by atoms with E-state index in [4.69, 9.17) is 42.9 Å². The van der Waals surface area contributed by atoms with Crippen LogP contribution in [0, 0.1) is 17.2 Å². The van der Waals surface area contributed by atoms with Crippen molar-refractivity contribution in [1.29, 1.82) is 5.26 Å². The zero-order valence-corrected chi connectivity index (χ0v) is 13.6. The van der Waals surface area contributed by atoms with Crippen LogP contribution >= 0.6 is 6.72 Å². The van der Waals surface area contributed by atoms with Gasteiger partial charge in [-0.15, -0.1) is 0 Å². The van der Waals surface area contributed by atoms with Crippen molar-refractivity contribution in [2.75, 3.05) is 27.4 Å². The summed E-state index contributed by atoms with van der Waals surface area (Å²) in [7, 11) is 0.0273. The molecule has 0 bridgehead atoms. The van der Waals surface area contributed by atoms with Crippen LogP contribution in [0.3, 0.4) is 0 Å². The molecule has 0 amide bonds. The van der Waals surface area contributed by atoms with Crippen molar-refractivity contribution in [1.82, 2.24) is 0 Å². The lowest BCUT2D eigenvalue weighted by Gasteiger charge is -2.27. The summed E-state index contributed by atoms with van der Waals surface area (Å²) in [6, 6.07) is 1.96. The first-order valence-electron chi connectivity index (χ1n) is 7.45. The minimum Gasteiger partial charge on any atom is -0.382 e. The molecule has 1 rings (SSSR count). The van der Waals surface area contributed by atoms with Crippen LogP contribution < -0.4 is 0 Å². The highest BCUT2D eigenvalue weighted by Crippen LogP contribution is 2.52. The van der Waals surface area contributed by atoms with E-state index in [9.17, 15) is 0 Å². The fourth-order valence-electron chi connectivity index (χ4n) is 1.95. The summed E-state index contributed by atoms with van der Waals surface area (Å²) in [6.07, 6.45) is -0.737. The predicted molar refractivity (Wildman–Crippen MR) is 77.7 cm³/mol. The van der Waals surface area contributed by atoms with Gasteiger partial charge in [0.15, 0.2) is 0 Å². The van der Waals surface area contributed by atoms with Gasteiger partial charge in [0.05, 0.1) is 34.5 Å². The van der Waals surface area contributed by atoms with Crippen LogP contribution in [0.15, 0.2) is 0 Å². The fourth-order valence-corrected chi connectivity index (χ4v) is 3.67. The van der Waals surface area contributed by atoms with Gasteiger partial charge in [-0.05, 0) is 18.7 Å². The summed E-state index contributed by atoms with van der Waals surface area (Å²) < 4.78 is 41.4. The molecule has 0 aromatic heterocycles. The van der Waals surface area contributed by atoms with Gasteiger partial charge < -0.3 is 23.0 Å². The maximum Gasteiger partial charge on any atom is 0.327 e. The molecule has 8 heteroatoms. The highest BCUT2D eigenvalue weighted by atomic mass is 32.5. The predicted octanol–water partition coefficient (Wildman–Crippen LogP) is 2.24. The van der Waals surface area contributed by atoms with Crippen molar-refractivity contribution < 1.29 is 25.8 Å². The normalized spacial score (nSPS) is 35.7. The first-order valence-corrected chi connectivity index (χ1v) is 8.85. The summed E-state index contributed by atoms with van der Waals surface area (Å²) in [4.78, 5) is 0. The Hall–Kier alpha value is -0.0600. The Morgan fingerprint density at radius 2 is 2.35 bits per heavy atom. The molecule has 116 valence electrons. The van der Waals surface area contributed by atoms with E-state index < -0.39 is 26.0 Å². The Labute approximate surface area is 128 Å². The maximum absolute atomic E-state index is 8.56. The van der Waals surface area contributed by atoms with Gasteiger partial charge >= 0.3 is 6.72 Å². The summed E-state index contributed by atoms with van der Waals surface area (Å²) in [6.45, 7) is 1.10. The van der Waals surface area contributed by atoms with Gasteiger partial charge in [0, 0.05) is 20.1 Å². The monoisotopic (exact) mass is 326 g/mol. The number of ether oxygens (including phenoxy) is 2. The lowest BCUT2D eigenvalue weighted by molar-refractivity contribution is -0.0272. The second-order valence-electron chi connectivity index (χ2n) is 4.51. The Bertz CT molecular complexity index is 436. The summed E-state index contributed by atoms with van der Waals surface area (Å²) >= 11 is 5.30. The summed E-state index contributed by atoms with van der Waals surface area (Å²) in [5, 5.41) is 8.56. The minimum absolute atomic E-state index is 0.0283. The zero-order valence-electron chi connectivity index (χ0n) is 13.9. The molecule has 0 aliphatic carbocycles. The Balaban J connectivity index is 2.71. The van der Waals surface area contributed by atoms with Crippen LogP contribution in [0.5, 0.6) is 0 Å². The molecule has 6 atom stereocenters. The van der Waals surface area contributed by atoms with E-state index in [1.807, 2.05) is 19.9 Å². The third-order valence-corrected chi connectivity index (χ3v) is 5.68. The van der Waals surface area contributed by atoms with Gasteiger partial charge in [-0.1, -0.05) is 6.92 Å². The smallest absolute Gasteiger partial charge is 0.327 e. The molecule has 1 aliphatic rings. The molecule has 20 heavy (non-hydrogen) atoms. The first-order chi connectivity index (χ1) is 10.3. The Kier molecular flexibility index (Phi) is 6.24. The van der Waals surface area contributed by atoms with Crippen LogP contribution in [0.1, 0.15) is 23.0 Å². The third-order valence-electron chi connectivity index (χ3n) is 3.21. The van der Waals surface area contributed by atoms with Crippen molar-refractivity contribution in [2.45, 2.75) is 38.6 Å². The van der Waals surface area contributed by atoms with E-state index in [2.05, 4.69) is 0 Å². The quantitative estimate of drug-likeness (QED) is 0.500. The van der Waals surface area contributed by atoms with Crippen molar-refractivity contribution >= 4 is 18.5 Å². The molecule has 0 N–H and O–H groups in total. The number of rotatable bonds is 8. The maximum atomic E-state index is 8.56. The number of methoxy groups -OCH3 is 1. The average molecular weight is 326 g/mol. The molecular weight excluding hydrogens is 301 g/mol. The molecule has 0 aromatic carbocycles. The van der Waals surface area contributed by atoms with Crippen molar-refractivity contribution in [3.8, 4) is 6.07 Å². The van der Waals surface area contributed by atoms with E-state index >= 15 is 0 Å². The van der Waals surface area contributed by atoms with Gasteiger partial charge in [0.2, 0.25) is 0 Å². The minimum atomic E-state index is -2.97. The average Bonchev–Trinajstić information content (AvgIpc) is 2.73. The molecule has 6 nitrogen and oxygen atoms in total. The topological polar surface area (TPSA) is 69.9 Å². The molecule has 0 spiro atoms. The van der Waals surface area contributed by atoms with Gasteiger partial charge in [-0.3, -0.25) is 0 Å². The Morgan fingerprint density at radius 3 is 2.95 bits per heavy atom. The van der Waals surface area contributed by atoms with Crippen molar-refractivity contribution in [3.05, 3.63) is 0 Å². The molecule has 0 saturated carbocycles. The van der Waals surface area contributed by atoms with E-state index in [-0.39, 0.29) is 31.7 Å². The molecule has 1 heterocycles. The molecule has 1 fully saturated rings. The highest BCUT2D eigenvalue weighted by molar-refractivity contribution is 8.07. The summed E-state index contributed by atoms with van der Waals surface area (Å²) in [5.41, 5.74) is 0. The first kappa shape index (κ1) is 14.9. The van der Waals surface area contributed by atoms with Gasteiger partial charge in [0.25, 0.3) is 0 Å². The van der Waals surface area contributed by atoms with Crippen LogP contribution in [0.4, 0.5) is 0 Å². The number of nitriles is 1. The molecule has 3 unspecified atom stereocenters. The number of nitrogens with zero attached hydrogens (tertiary/aromatic N) is 1. The van der Waals surface area contributed by atoms with Crippen molar-refractivity contribution in [3.63, 3.8) is 0 Å². The SMILES string of the molecule is [2H]C([3H])OC[C@H]1O[C@@H](C)C(C)[C@H]1OP(=S)(OC)OCCC#N. The number of hydrogen-bond donors (Lipinski definition) is 0. The lowest BCUT2D eigenvalue weighted by Crippen LogP contribution is -2.31. The second kappa shape index (κ2) is 8.40. The van der Waals surface area contributed by atoms with Crippen LogP contribution in [-0.4, -0.2) is 45.7 Å². The number of hydrogen-bond acceptors (Lipinski definition) is 7.